The van der Waals surface area contributed by atoms with Gasteiger partial charge in [0.05, 0.1) is 12.3 Å². The Kier molecular flexibility index (Phi) is 5.37. The average Bonchev–Trinajstić information content (AvgIpc) is 3.08. The molecule has 0 atom stereocenters. The Bertz CT molecular complexity index is 670. The summed E-state index contributed by atoms with van der Waals surface area (Å²) in [6.45, 7) is 10.0. The summed E-state index contributed by atoms with van der Waals surface area (Å²) in [5, 5.41) is 4.33. The molecule has 2 aromatic rings. The molecule has 0 unspecified atom stereocenters. The van der Waals surface area contributed by atoms with Gasteiger partial charge in [-0.3, -0.25) is 4.68 Å². The molecule has 25 heavy (non-hydrogen) atoms. The molecule has 6 heteroatoms. The molecular weight excluding hydrogens is 314 g/mol. The zero-order valence-corrected chi connectivity index (χ0v) is 15.8. The normalized spacial score (nSPS) is 16.4. The lowest BCUT2D eigenvalue weighted by molar-refractivity contribution is 0.181. The van der Waals surface area contributed by atoms with Gasteiger partial charge >= 0.3 is 0 Å². The fourth-order valence-electron chi connectivity index (χ4n) is 3.22. The largest absolute Gasteiger partial charge is 0.378 e. The van der Waals surface area contributed by atoms with E-state index >= 15 is 0 Å². The summed E-state index contributed by atoms with van der Waals surface area (Å²) in [6, 6.07) is 4.06. The van der Waals surface area contributed by atoms with Crippen LogP contribution < -0.4 is 4.90 Å². The number of anilines is 1. The maximum atomic E-state index is 5.30. The minimum atomic E-state index is -0.0725. The highest BCUT2D eigenvalue weighted by atomic mass is 16.5. The lowest BCUT2D eigenvalue weighted by Crippen LogP contribution is -2.36. The molecule has 3 rings (SSSR count). The molecule has 1 aliphatic heterocycles. The van der Waals surface area contributed by atoms with E-state index in [-0.39, 0.29) is 5.41 Å². The van der Waals surface area contributed by atoms with Gasteiger partial charge in [-0.25, -0.2) is 9.97 Å². The fourth-order valence-corrected chi connectivity index (χ4v) is 3.22. The van der Waals surface area contributed by atoms with Crippen molar-refractivity contribution in [2.24, 2.45) is 5.92 Å². The molecule has 0 aromatic carbocycles. The summed E-state index contributed by atoms with van der Waals surface area (Å²) in [4.78, 5) is 11.9. The van der Waals surface area contributed by atoms with Gasteiger partial charge in [0, 0.05) is 50.6 Å². The number of piperidine rings is 1. The Balaban J connectivity index is 1.70. The second-order valence-electron chi connectivity index (χ2n) is 7.88. The summed E-state index contributed by atoms with van der Waals surface area (Å²) in [6.07, 6.45) is 6.22. The SMILES string of the molecule is COCc1cc(N2CCC(Cn3cccn3)CC2)nc(C(C)(C)C)n1. The smallest absolute Gasteiger partial charge is 0.136 e. The van der Waals surface area contributed by atoms with Crippen LogP contribution in [0.3, 0.4) is 0 Å². The van der Waals surface area contributed by atoms with E-state index in [0.29, 0.717) is 12.5 Å². The first-order valence-corrected chi connectivity index (χ1v) is 9.05. The van der Waals surface area contributed by atoms with E-state index in [1.165, 1.54) is 0 Å². The number of nitrogens with zero attached hydrogens (tertiary/aromatic N) is 5. The average molecular weight is 343 g/mol. The van der Waals surface area contributed by atoms with E-state index < -0.39 is 0 Å². The number of methoxy groups -OCH3 is 1. The number of hydrogen-bond acceptors (Lipinski definition) is 5. The van der Waals surface area contributed by atoms with E-state index in [1.54, 1.807) is 7.11 Å². The second kappa shape index (κ2) is 7.52. The summed E-state index contributed by atoms with van der Waals surface area (Å²) in [5.41, 5.74) is 0.882. The monoisotopic (exact) mass is 343 g/mol. The molecule has 3 heterocycles. The molecule has 136 valence electrons. The third kappa shape index (κ3) is 4.57. The number of rotatable bonds is 5. The van der Waals surface area contributed by atoms with Crippen LogP contribution in [-0.2, 0) is 23.3 Å². The number of aromatic nitrogens is 4. The molecule has 1 saturated heterocycles. The molecule has 0 spiro atoms. The van der Waals surface area contributed by atoms with Crippen LogP contribution in [0.25, 0.3) is 0 Å². The van der Waals surface area contributed by atoms with Crippen LogP contribution in [0.2, 0.25) is 0 Å². The highest BCUT2D eigenvalue weighted by molar-refractivity contribution is 5.41. The molecule has 0 N–H and O–H groups in total. The lowest BCUT2D eigenvalue weighted by atomic mass is 9.95. The molecule has 2 aromatic heterocycles. The maximum Gasteiger partial charge on any atom is 0.136 e. The Morgan fingerprint density at radius 1 is 1.20 bits per heavy atom. The lowest BCUT2D eigenvalue weighted by Gasteiger charge is -2.33. The van der Waals surface area contributed by atoms with E-state index in [1.807, 2.05) is 23.1 Å². The van der Waals surface area contributed by atoms with Crippen molar-refractivity contribution in [3.8, 4) is 0 Å². The van der Waals surface area contributed by atoms with E-state index in [9.17, 15) is 0 Å². The Hall–Kier alpha value is -1.95. The van der Waals surface area contributed by atoms with Gasteiger partial charge in [0.15, 0.2) is 0 Å². The highest BCUT2D eigenvalue weighted by Gasteiger charge is 2.24. The summed E-state index contributed by atoms with van der Waals surface area (Å²) < 4.78 is 7.34. The molecule has 0 amide bonds. The predicted molar refractivity (Wildman–Crippen MR) is 98.6 cm³/mol. The van der Waals surface area contributed by atoms with Crippen molar-refractivity contribution in [2.75, 3.05) is 25.1 Å². The van der Waals surface area contributed by atoms with Crippen molar-refractivity contribution in [3.05, 3.63) is 36.0 Å². The molecule has 0 radical (unpaired) electrons. The van der Waals surface area contributed by atoms with Crippen LogP contribution in [0.1, 0.15) is 45.1 Å². The van der Waals surface area contributed by atoms with Crippen molar-refractivity contribution >= 4 is 5.82 Å². The van der Waals surface area contributed by atoms with Crippen molar-refractivity contribution in [2.45, 2.75) is 52.2 Å². The summed E-state index contributed by atoms with van der Waals surface area (Å²) >= 11 is 0. The van der Waals surface area contributed by atoms with Gasteiger partial charge < -0.3 is 9.64 Å². The third-order valence-corrected chi connectivity index (χ3v) is 4.67. The maximum absolute atomic E-state index is 5.30. The molecule has 1 aliphatic rings. The highest BCUT2D eigenvalue weighted by Crippen LogP contribution is 2.26. The predicted octanol–water partition coefficient (Wildman–Crippen LogP) is 3.03. The van der Waals surface area contributed by atoms with Crippen LogP contribution in [-0.4, -0.2) is 39.9 Å². The molecule has 0 bridgehead atoms. The van der Waals surface area contributed by atoms with Crippen LogP contribution in [0.5, 0.6) is 0 Å². The minimum Gasteiger partial charge on any atom is -0.378 e. The Labute approximate surface area is 150 Å². The zero-order valence-electron chi connectivity index (χ0n) is 15.8. The molecule has 0 saturated carbocycles. The van der Waals surface area contributed by atoms with Gasteiger partial charge in [-0.05, 0) is 24.8 Å². The number of ether oxygens (including phenoxy) is 1. The first kappa shape index (κ1) is 17.9. The molecule has 0 aliphatic carbocycles. The number of hydrogen-bond donors (Lipinski definition) is 0. The van der Waals surface area contributed by atoms with E-state index in [2.05, 4.69) is 41.8 Å². The standard InChI is InChI=1S/C19H29N5O/c1-19(2,3)18-21-16(14-25-4)12-17(22-18)23-10-6-15(7-11-23)13-24-9-5-8-20-24/h5,8-9,12,15H,6-7,10-11,13-14H2,1-4H3. The van der Waals surface area contributed by atoms with Gasteiger partial charge in [-0.1, -0.05) is 20.8 Å². The van der Waals surface area contributed by atoms with Gasteiger partial charge in [-0.2, -0.15) is 5.10 Å². The van der Waals surface area contributed by atoms with Crippen molar-refractivity contribution in [1.29, 1.82) is 0 Å². The van der Waals surface area contributed by atoms with Gasteiger partial charge in [0.1, 0.15) is 11.6 Å². The molecule has 1 fully saturated rings. The van der Waals surface area contributed by atoms with Crippen LogP contribution in [0, 0.1) is 5.92 Å². The van der Waals surface area contributed by atoms with Gasteiger partial charge in [0.25, 0.3) is 0 Å². The quantitative estimate of drug-likeness (QED) is 0.835. The van der Waals surface area contributed by atoms with E-state index in [4.69, 9.17) is 9.72 Å². The Morgan fingerprint density at radius 2 is 1.96 bits per heavy atom. The van der Waals surface area contributed by atoms with Gasteiger partial charge in [-0.15, -0.1) is 0 Å². The van der Waals surface area contributed by atoms with Crippen LogP contribution in [0.4, 0.5) is 5.82 Å². The van der Waals surface area contributed by atoms with E-state index in [0.717, 1.165) is 49.8 Å². The first-order chi connectivity index (χ1) is 12.0. The molecular formula is C19H29N5O. The first-order valence-electron chi connectivity index (χ1n) is 9.05. The van der Waals surface area contributed by atoms with Crippen molar-refractivity contribution in [3.63, 3.8) is 0 Å². The minimum absolute atomic E-state index is 0.0725. The van der Waals surface area contributed by atoms with Crippen LogP contribution >= 0.6 is 0 Å². The summed E-state index contributed by atoms with van der Waals surface area (Å²) in [7, 11) is 1.71. The third-order valence-electron chi connectivity index (χ3n) is 4.67. The van der Waals surface area contributed by atoms with Crippen molar-refractivity contribution in [1.82, 2.24) is 19.7 Å². The van der Waals surface area contributed by atoms with Crippen LogP contribution in [0.15, 0.2) is 24.5 Å². The summed E-state index contributed by atoms with van der Waals surface area (Å²) in [5.74, 6) is 2.60. The fraction of sp³-hybridized carbons (Fsp3) is 0.632. The second-order valence-corrected chi connectivity index (χ2v) is 7.88. The van der Waals surface area contributed by atoms with Crippen molar-refractivity contribution < 1.29 is 4.74 Å². The molecule has 6 nitrogen and oxygen atoms in total. The topological polar surface area (TPSA) is 56.1 Å². The zero-order chi connectivity index (χ0) is 17.9. The van der Waals surface area contributed by atoms with Gasteiger partial charge in [0.2, 0.25) is 0 Å². The Morgan fingerprint density at radius 3 is 2.56 bits per heavy atom.